The maximum Gasteiger partial charge on any atom is 0.218 e. The van der Waals surface area contributed by atoms with Gasteiger partial charge < -0.3 is 11.1 Å². The highest BCUT2D eigenvalue weighted by molar-refractivity contribution is 7.91. The first kappa shape index (κ1) is 12.4. The van der Waals surface area contributed by atoms with Crippen LogP contribution in [0.15, 0.2) is 0 Å². The third kappa shape index (κ3) is 4.61. The lowest BCUT2D eigenvalue weighted by atomic mass is 10.1. The van der Waals surface area contributed by atoms with Crippen molar-refractivity contribution >= 4 is 15.7 Å². The van der Waals surface area contributed by atoms with Gasteiger partial charge in [-0.2, -0.15) is 0 Å². The molecule has 0 aliphatic carbocycles. The van der Waals surface area contributed by atoms with E-state index in [4.69, 9.17) is 5.73 Å². The average Bonchev–Trinajstić information content (AvgIpc) is 1.99. The molecule has 5 nitrogen and oxygen atoms in total. The van der Waals surface area contributed by atoms with Crippen molar-refractivity contribution < 1.29 is 13.2 Å². The van der Waals surface area contributed by atoms with Gasteiger partial charge in [-0.15, -0.1) is 0 Å². The molecular formula is C9H18N2O3S. The number of carbonyl (C=O) groups excluding carboxylic acids is 1. The third-order valence-electron chi connectivity index (χ3n) is 2.49. The fourth-order valence-electron chi connectivity index (χ4n) is 1.92. The van der Waals surface area contributed by atoms with Gasteiger partial charge in [0.1, 0.15) is 0 Å². The molecule has 1 rings (SSSR count). The Kier molecular flexibility index (Phi) is 4.10. The van der Waals surface area contributed by atoms with Gasteiger partial charge >= 0.3 is 0 Å². The number of rotatable bonds is 4. The summed E-state index contributed by atoms with van der Waals surface area (Å²) in [6.45, 7) is 1.84. The predicted octanol–water partition coefficient (Wildman–Crippen LogP) is -0.583. The summed E-state index contributed by atoms with van der Waals surface area (Å²) in [5.74, 6) is 0.0968. The second kappa shape index (κ2) is 4.94. The van der Waals surface area contributed by atoms with Crippen LogP contribution < -0.4 is 11.1 Å². The molecule has 1 aliphatic rings. The molecule has 1 aliphatic heterocycles. The van der Waals surface area contributed by atoms with Crippen molar-refractivity contribution in [3.63, 3.8) is 0 Å². The number of hydrogen-bond acceptors (Lipinski definition) is 4. The van der Waals surface area contributed by atoms with Crippen molar-refractivity contribution in [2.24, 2.45) is 5.73 Å². The average molecular weight is 234 g/mol. The Morgan fingerprint density at radius 2 is 2.27 bits per heavy atom. The van der Waals surface area contributed by atoms with Crippen molar-refractivity contribution in [2.75, 3.05) is 11.5 Å². The van der Waals surface area contributed by atoms with E-state index in [1.807, 2.05) is 6.92 Å². The van der Waals surface area contributed by atoms with Crippen LogP contribution in [-0.4, -0.2) is 37.9 Å². The van der Waals surface area contributed by atoms with Gasteiger partial charge in [0.15, 0.2) is 9.84 Å². The zero-order valence-electron chi connectivity index (χ0n) is 8.90. The van der Waals surface area contributed by atoms with E-state index < -0.39 is 9.84 Å². The van der Waals surface area contributed by atoms with Crippen molar-refractivity contribution in [1.29, 1.82) is 0 Å². The normalized spacial score (nSPS) is 27.1. The Balaban J connectivity index is 2.41. The Morgan fingerprint density at radius 3 is 2.80 bits per heavy atom. The van der Waals surface area contributed by atoms with Gasteiger partial charge in [0.25, 0.3) is 0 Å². The first-order chi connectivity index (χ1) is 6.89. The minimum absolute atomic E-state index is 0.0295. The smallest absolute Gasteiger partial charge is 0.218 e. The minimum atomic E-state index is -2.88. The van der Waals surface area contributed by atoms with Crippen LogP contribution in [0.2, 0.25) is 0 Å². The van der Waals surface area contributed by atoms with Gasteiger partial charge in [-0.05, 0) is 19.8 Å². The standard InChI is InChI=1S/C9H18N2O3S/c1-7(5-9(10)12)11-8-3-2-4-15(13,14)6-8/h7-8,11H,2-6H2,1H3,(H2,10,12). The minimum Gasteiger partial charge on any atom is -0.370 e. The number of carbonyl (C=O) groups is 1. The summed E-state index contributed by atoms with van der Waals surface area (Å²) in [5, 5.41) is 3.13. The maximum atomic E-state index is 11.3. The van der Waals surface area contributed by atoms with Gasteiger partial charge in [0.2, 0.25) is 5.91 Å². The molecule has 0 saturated carbocycles. The molecule has 88 valence electrons. The van der Waals surface area contributed by atoms with Crippen molar-refractivity contribution in [1.82, 2.24) is 5.32 Å². The molecule has 0 bridgehead atoms. The topological polar surface area (TPSA) is 89.3 Å². The SMILES string of the molecule is CC(CC(N)=O)NC1CCCS(=O)(=O)C1. The number of nitrogens with one attached hydrogen (secondary N) is 1. The lowest BCUT2D eigenvalue weighted by Crippen LogP contribution is -2.45. The van der Waals surface area contributed by atoms with E-state index in [-0.39, 0.29) is 35.9 Å². The second-order valence-electron chi connectivity index (χ2n) is 4.19. The summed E-state index contributed by atoms with van der Waals surface area (Å²) in [6, 6.07) is -0.0844. The van der Waals surface area contributed by atoms with Crippen molar-refractivity contribution in [2.45, 2.75) is 38.3 Å². The molecular weight excluding hydrogens is 216 g/mol. The number of sulfone groups is 1. The van der Waals surface area contributed by atoms with Crippen LogP contribution in [0, 0.1) is 0 Å². The van der Waals surface area contributed by atoms with Gasteiger partial charge in [-0.25, -0.2) is 8.42 Å². The molecule has 1 heterocycles. The van der Waals surface area contributed by atoms with Crippen molar-refractivity contribution in [3.05, 3.63) is 0 Å². The number of hydrogen-bond donors (Lipinski definition) is 2. The quantitative estimate of drug-likeness (QED) is 0.681. The molecule has 1 saturated heterocycles. The zero-order valence-corrected chi connectivity index (χ0v) is 9.72. The van der Waals surface area contributed by atoms with Gasteiger partial charge in [-0.3, -0.25) is 4.79 Å². The van der Waals surface area contributed by atoms with E-state index in [1.54, 1.807) is 0 Å². The summed E-state index contributed by atoms with van der Waals surface area (Å²) < 4.78 is 22.7. The van der Waals surface area contributed by atoms with E-state index in [1.165, 1.54) is 0 Å². The molecule has 15 heavy (non-hydrogen) atoms. The van der Waals surface area contributed by atoms with Crippen LogP contribution in [0.5, 0.6) is 0 Å². The summed E-state index contributed by atoms with van der Waals surface area (Å²) in [7, 11) is -2.88. The highest BCUT2D eigenvalue weighted by Crippen LogP contribution is 2.12. The highest BCUT2D eigenvalue weighted by atomic mass is 32.2. The van der Waals surface area contributed by atoms with Gasteiger partial charge in [0, 0.05) is 18.5 Å². The molecule has 0 aromatic rings. The first-order valence-electron chi connectivity index (χ1n) is 5.14. The van der Waals surface area contributed by atoms with Crippen LogP contribution in [0.25, 0.3) is 0 Å². The Hall–Kier alpha value is -0.620. The number of primary amides is 1. The zero-order chi connectivity index (χ0) is 11.5. The Labute approximate surface area is 90.3 Å². The fraction of sp³-hybridized carbons (Fsp3) is 0.889. The predicted molar refractivity (Wildman–Crippen MR) is 58.1 cm³/mol. The largest absolute Gasteiger partial charge is 0.370 e. The molecule has 0 radical (unpaired) electrons. The van der Waals surface area contributed by atoms with Crippen LogP contribution >= 0.6 is 0 Å². The molecule has 3 N–H and O–H groups in total. The van der Waals surface area contributed by atoms with E-state index in [2.05, 4.69) is 5.32 Å². The van der Waals surface area contributed by atoms with Gasteiger partial charge in [0.05, 0.1) is 11.5 Å². The van der Waals surface area contributed by atoms with E-state index in [0.29, 0.717) is 6.42 Å². The maximum absolute atomic E-state index is 11.3. The van der Waals surface area contributed by atoms with Gasteiger partial charge in [-0.1, -0.05) is 0 Å². The van der Waals surface area contributed by atoms with E-state index in [0.717, 1.165) is 6.42 Å². The molecule has 1 amide bonds. The fourth-order valence-corrected chi connectivity index (χ4v) is 3.57. The molecule has 2 atom stereocenters. The summed E-state index contributed by atoms with van der Waals surface area (Å²) in [6.07, 6.45) is 1.79. The lowest BCUT2D eigenvalue weighted by Gasteiger charge is -2.26. The number of amides is 1. The molecule has 0 aromatic carbocycles. The monoisotopic (exact) mass is 234 g/mol. The molecule has 0 spiro atoms. The van der Waals surface area contributed by atoms with Crippen LogP contribution in [-0.2, 0) is 14.6 Å². The third-order valence-corrected chi connectivity index (χ3v) is 4.31. The van der Waals surface area contributed by atoms with Crippen LogP contribution in [0.1, 0.15) is 26.2 Å². The molecule has 2 unspecified atom stereocenters. The first-order valence-corrected chi connectivity index (χ1v) is 6.96. The number of nitrogens with two attached hydrogens (primary N) is 1. The van der Waals surface area contributed by atoms with Crippen molar-refractivity contribution in [3.8, 4) is 0 Å². The molecule has 1 fully saturated rings. The van der Waals surface area contributed by atoms with Crippen LogP contribution in [0.3, 0.4) is 0 Å². The van der Waals surface area contributed by atoms with Crippen LogP contribution in [0.4, 0.5) is 0 Å². The van der Waals surface area contributed by atoms with E-state index in [9.17, 15) is 13.2 Å². The summed E-state index contributed by atoms with van der Waals surface area (Å²) in [5.41, 5.74) is 5.05. The Bertz CT molecular complexity index is 326. The Morgan fingerprint density at radius 1 is 1.60 bits per heavy atom. The summed E-state index contributed by atoms with van der Waals surface area (Å²) >= 11 is 0. The molecule has 0 aromatic heterocycles. The summed E-state index contributed by atoms with van der Waals surface area (Å²) in [4.78, 5) is 10.6. The second-order valence-corrected chi connectivity index (χ2v) is 6.42. The lowest BCUT2D eigenvalue weighted by molar-refractivity contribution is -0.118. The van der Waals surface area contributed by atoms with E-state index >= 15 is 0 Å². The highest BCUT2D eigenvalue weighted by Gasteiger charge is 2.25. The molecule has 6 heteroatoms.